The number of rotatable bonds is 1. The monoisotopic (exact) mass is 293 g/mol. The number of likely N-dealkylation sites (tertiary alicyclic amines) is 3. The molecule has 0 spiro atoms. The van der Waals surface area contributed by atoms with E-state index in [1.54, 1.807) is 0 Å². The quantitative estimate of drug-likeness (QED) is 0.735. The Morgan fingerprint density at radius 1 is 0.619 bits per heavy atom. The molecule has 3 aliphatic rings. The van der Waals surface area contributed by atoms with E-state index in [1.807, 2.05) is 0 Å². The van der Waals surface area contributed by atoms with Gasteiger partial charge in [0.05, 0.1) is 0 Å². The lowest BCUT2D eigenvalue weighted by atomic mass is 9.81. The summed E-state index contributed by atoms with van der Waals surface area (Å²) in [7, 11) is 0. The van der Waals surface area contributed by atoms with Crippen molar-refractivity contribution in [1.29, 1.82) is 0 Å². The van der Waals surface area contributed by atoms with Crippen molar-refractivity contribution in [2.24, 2.45) is 11.8 Å². The molecular weight excluding hydrogens is 258 g/mol. The average Bonchev–Trinajstić information content (AvgIpc) is 2.22. The Bertz CT molecular complexity index is 359. The van der Waals surface area contributed by atoms with Gasteiger partial charge in [0.2, 0.25) is 0 Å². The predicted octanol–water partition coefficient (Wildman–Crippen LogP) is 2.52. The highest BCUT2D eigenvalue weighted by atomic mass is 15.4. The highest BCUT2D eigenvalue weighted by Gasteiger charge is 2.43. The third-order valence-electron chi connectivity index (χ3n) is 5.89. The molecule has 2 bridgehead atoms. The zero-order valence-electron chi connectivity index (χ0n) is 15.0. The summed E-state index contributed by atoms with van der Waals surface area (Å²) in [6.07, 6.45) is 1.47. The summed E-state index contributed by atoms with van der Waals surface area (Å²) in [5.74, 6) is 1.81. The summed E-state index contributed by atoms with van der Waals surface area (Å²) in [6.45, 7) is 22.0. The second-order valence-electron chi connectivity index (χ2n) is 9.73. The molecule has 0 aliphatic carbocycles. The molecule has 3 saturated heterocycles. The van der Waals surface area contributed by atoms with Gasteiger partial charge in [-0.3, -0.25) is 14.7 Å². The Kier molecular flexibility index (Phi) is 3.91. The lowest BCUT2D eigenvalue weighted by Crippen LogP contribution is -2.68. The predicted molar refractivity (Wildman–Crippen MR) is 89.6 cm³/mol. The normalized spacial score (nSPS) is 34.0. The van der Waals surface area contributed by atoms with Crippen LogP contribution in [0, 0.1) is 11.8 Å². The van der Waals surface area contributed by atoms with Crippen LogP contribution in [0.2, 0.25) is 0 Å². The highest BCUT2D eigenvalue weighted by molar-refractivity contribution is 4.99. The fourth-order valence-corrected chi connectivity index (χ4v) is 4.40. The van der Waals surface area contributed by atoms with Crippen molar-refractivity contribution >= 4 is 0 Å². The molecule has 0 aromatic rings. The summed E-state index contributed by atoms with van der Waals surface area (Å²) in [4.78, 5) is 8.18. The summed E-state index contributed by atoms with van der Waals surface area (Å²) >= 11 is 0. The largest absolute Gasteiger partial charge is 0.298 e. The minimum absolute atomic E-state index is 0.346. The SMILES string of the molecule is CC(C)(C)N1CC2CC(CN(C3CN(C(C)(C)C)C3)C2)C1. The van der Waals surface area contributed by atoms with Gasteiger partial charge in [0, 0.05) is 56.4 Å². The summed E-state index contributed by atoms with van der Waals surface area (Å²) in [5, 5.41) is 0. The Morgan fingerprint density at radius 3 is 1.48 bits per heavy atom. The minimum atomic E-state index is 0.346. The van der Waals surface area contributed by atoms with E-state index in [0.29, 0.717) is 11.1 Å². The standard InChI is InChI=1S/C18H35N3/c1-17(2,3)20-10-14-7-15(11-20)9-19(8-14)16-12-21(13-16)18(4,5)6/h14-16H,7-13H2,1-6H3. The lowest BCUT2D eigenvalue weighted by molar-refractivity contribution is -0.0732. The first-order valence-electron chi connectivity index (χ1n) is 8.87. The first kappa shape index (κ1) is 15.8. The maximum absolute atomic E-state index is 2.82. The van der Waals surface area contributed by atoms with Crippen LogP contribution in [0.3, 0.4) is 0 Å². The minimum Gasteiger partial charge on any atom is -0.298 e. The summed E-state index contributed by atoms with van der Waals surface area (Å²) in [5.41, 5.74) is 0.698. The van der Waals surface area contributed by atoms with Crippen molar-refractivity contribution in [3.63, 3.8) is 0 Å². The third-order valence-corrected chi connectivity index (χ3v) is 5.89. The van der Waals surface area contributed by atoms with E-state index in [-0.39, 0.29) is 0 Å². The van der Waals surface area contributed by atoms with Crippen LogP contribution in [-0.4, -0.2) is 71.1 Å². The Hall–Kier alpha value is -0.120. The zero-order chi connectivity index (χ0) is 15.4. The van der Waals surface area contributed by atoms with Gasteiger partial charge in [-0.25, -0.2) is 0 Å². The number of piperidine rings is 2. The highest BCUT2D eigenvalue weighted by Crippen LogP contribution is 2.35. The van der Waals surface area contributed by atoms with Crippen molar-refractivity contribution in [3.05, 3.63) is 0 Å². The van der Waals surface area contributed by atoms with E-state index in [1.165, 1.54) is 45.7 Å². The van der Waals surface area contributed by atoms with Crippen LogP contribution in [0.15, 0.2) is 0 Å². The van der Waals surface area contributed by atoms with E-state index in [2.05, 4.69) is 56.2 Å². The fraction of sp³-hybridized carbons (Fsp3) is 1.00. The molecule has 0 N–H and O–H groups in total. The van der Waals surface area contributed by atoms with Crippen molar-refractivity contribution in [1.82, 2.24) is 14.7 Å². The Morgan fingerprint density at radius 2 is 1.05 bits per heavy atom. The third kappa shape index (κ3) is 3.30. The molecule has 3 nitrogen and oxygen atoms in total. The molecule has 0 radical (unpaired) electrons. The van der Waals surface area contributed by atoms with Gasteiger partial charge < -0.3 is 0 Å². The summed E-state index contributed by atoms with van der Waals surface area (Å²) < 4.78 is 0. The van der Waals surface area contributed by atoms with Crippen LogP contribution in [-0.2, 0) is 0 Å². The molecule has 122 valence electrons. The molecule has 0 aromatic heterocycles. The van der Waals surface area contributed by atoms with Crippen molar-refractivity contribution in [2.75, 3.05) is 39.3 Å². The molecule has 0 aromatic carbocycles. The molecule has 2 unspecified atom stereocenters. The van der Waals surface area contributed by atoms with E-state index in [0.717, 1.165) is 17.9 Å². The van der Waals surface area contributed by atoms with Gasteiger partial charge in [-0.1, -0.05) is 0 Å². The summed E-state index contributed by atoms with van der Waals surface area (Å²) in [6, 6.07) is 0.829. The second kappa shape index (κ2) is 5.21. The maximum Gasteiger partial charge on any atom is 0.0351 e. The van der Waals surface area contributed by atoms with Gasteiger partial charge in [-0.15, -0.1) is 0 Å². The van der Waals surface area contributed by atoms with Crippen LogP contribution in [0.5, 0.6) is 0 Å². The van der Waals surface area contributed by atoms with E-state index in [9.17, 15) is 0 Å². The molecule has 21 heavy (non-hydrogen) atoms. The molecule has 3 fully saturated rings. The molecule has 3 heterocycles. The van der Waals surface area contributed by atoms with Crippen molar-refractivity contribution < 1.29 is 0 Å². The van der Waals surface area contributed by atoms with Crippen LogP contribution in [0.1, 0.15) is 48.0 Å². The van der Waals surface area contributed by atoms with Crippen molar-refractivity contribution in [2.45, 2.75) is 65.1 Å². The van der Waals surface area contributed by atoms with Gasteiger partial charge in [0.25, 0.3) is 0 Å². The van der Waals surface area contributed by atoms with Crippen LogP contribution in [0.25, 0.3) is 0 Å². The topological polar surface area (TPSA) is 9.72 Å². The van der Waals surface area contributed by atoms with Gasteiger partial charge in [0.1, 0.15) is 0 Å². The van der Waals surface area contributed by atoms with Crippen LogP contribution >= 0.6 is 0 Å². The average molecular weight is 293 g/mol. The van der Waals surface area contributed by atoms with Crippen LogP contribution < -0.4 is 0 Å². The van der Waals surface area contributed by atoms with Gasteiger partial charge in [-0.05, 0) is 59.8 Å². The molecule has 0 saturated carbocycles. The Labute approximate surface area is 131 Å². The van der Waals surface area contributed by atoms with Crippen LogP contribution in [0.4, 0.5) is 0 Å². The van der Waals surface area contributed by atoms with E-state index >= 15 is 0 Å². The van der Waals surface area contributed by atoms with Gasteiger partial charge in [-0.2, -0.15) is 0 Å². The molecule has 3 aliphatic heterocycles. The van der Waals surface area contributed by atoms with Crippen molar-refractivity contribution in [3.8, 4) is 0 Å². The molecular formula is C18H35N3. The van der Waals surface area contributed by atoms with E-state index < -0.39 is 0 Å². The van der Waals surface area contributed by atoms with Gasteiger partial charge >= 0.3 is 0 Å². The lowest BCUT2D eigenvalue weighted by Gasteiger charge is -2.56. The smallest absolute Gasteiger partial charge is 0.0351 e. The fourth-order valence-electron chi connectivity index (χ4n) is 4.40. The number of nitrogens with zero attached hydrogens (tertiary/aromatic N) is 3. The molecule has 3 rings (SSSR count). The number of hydrogen-bond acceptors (Lipinski definition) is 3. The molecule has 2 atom stereocenters. The number of fused-ring (bicyclic) bond motifs is 2. The zero-order valence-corrected chi connectivity index (χ0v) is 15.0. The van der Waals surface area contributed by atoms with Gasteiger partial charge in [0.15, 0.2) is 0 Å². The first-order chi connectivity index (χ1) is 9.63. The molecule has 3 heteroatoms. The second-order valence-corrected chi connectivity index (χ2v) is 9.73. The number of hydrogen-bond donors (Lipinski definition) is 0. The molecule has 0 amide bonds. The first-order valence-corrected chi connectivity index (χ1v) is 8.87. The maximum atomic E-state index is 2.82. The van der Waals surface area contributed by atoms with E-state index in [4.69, 9.17) is 0 Å². The Balaban J connectivity index is 1.55.